The highest BCUT2D eigenvalue weighted by Gasteiger charge is 2.35. The number of hydrogen-bond acceptors (Lipinski definition) is 5. The van der Waals surface area contributed by atoms with Gasteiger partial charge in [0.2, 0.25) is 0 Å². The van der Waals surface area contributed by atoms with Crippen LogP contribution in [0, 0.1) is 6.92 Å². The van der Waals surface area contributed by atoms with Gasteiger partial charge in [0.25, 0.3) is 11.1 Å². The first-order valence-electron chi connectivity index (χ1n) is 11.8. The van der Waals surface area contributed by atoms with E-state index in [4.69, 9.17) is 9.47 Å². The van der Waals surface area contributed by atoms with Crippen LogP contribution in [0.5, 0.6) is 11.5 Å². The average Bonchev–Trinajstić information content (AvgIpc) is 3.11. The molecule has 0 unspecified atom stereocenters. The number of imide groups is 1. The van der Waals surface area contributed by atoms with E-state index in [1.54, 1.807) is 6.08 Å². The fourth-order valence-electron chi connectivity index (χ4n) is 3.80. The van der Waals surface area contributed by atoms with E-state index in [-0.39, 0.29) is 24.3 Å². The number of amides is 2. The minimum Gasteiger partial charge on any atom is -0.491 e. The summed E-state index contributed by atoms with van der Waals surface area (Å²) >= 11 is 4.37. The van der Waals surface area contributed by atoms with E-state index in [0.717, 1.165) is 44.2 Å². The first kappa shape index (κ1) is 26.0. The molecule has 3 aromatic rings. The van der Waals surface area contributed by atoms with Crippen LogP contribution in [0.25, 0.3) is 6.08 Å². The van der Waals surface area contributed by atoms with Crippen LogP contribution < -0.4 is 9.47 Å². The van der Waals surface area contributed by atoms with E-state index in [9.17, 15) is 9.59 Å². The van der Waals surface area contributed by atoms with Crippen molar-refractivity contribution in [2.24, 2.45) is 0 Å². The van der Waals surface area contributed by atoms with Gasteiger partial charge in [-0.25, -0.2) is 0 Å². The van der Waals surface area contributed by atoms with Gasteiger partial charge in [-0.1, -0.05) is 72.2 Å². The molecular formula is C29H28BrNO4S. The summed E-state index contributed by atoms with van der Waals surface area (Å²) in [6.07, 6.45) is 1.72. The molecule has 0 atom stereocenters. The van der Waals surface area contributed by atoms with Crippen molar-refractivity contribution in [2.45, 2.75) is 33.3 Å². The highest BCUT2D eigenvalue weighted by atomic mass is 79.9. The fourth-order valence-corrected chi connectivity index (χ4v) is 4.92. The van der Waals surface area contributed by atoms with Gasteiger partial charge in [0.05, 0.1) is 11.4 Å². The number of halogens is 1. The van der Waals surface area contributed by atoms with Crippen LogP contribution in [-0.4, -0.2) is 29.2 Å². The lowest BCUT2D eigenvalue weighted by Gasteiger charge is -2.17. The average molecular weight is 567 g/mol. The number of carbonyl (C=O) groups excluding carboxylic acids is 2. The Balaban J connectivity index is 1.42. The maximum atomic E-state index is 13.0. The molecule has 4 rings (SSSR count). The van der Waals surface area contributed by atoms with Crippen molar-refractivity contribution in [2.75, 3.05) is 13.2 Å². The van der Waals surface area contributed by atoms with Gasteiger partial charge < -0.3 is 9.47 Å². The van der Waals surface area contributed by atoms with Crippen molar-refractivity contribution in [3.05, 3.63) is 98.4 Å². The Kier molecular flexibility index (Phi) is 8.54. The molecule has 1 aliphatic rings. The smallest absolute Gasteiger partial charge is 0.293 e. The lowest BCUT2D eigenvalue weighted by molar-refractivity contribution is -0.123. The van der Waals surface area contributed by atoms with Crippen LogP contribution >= 0.6 is 27.7 Å². The monoisotopic (exact) mass is 565 g/mol. The molecule has 1 aliphatic heterocycles. The topological polar surface area (TPSA) is 55.8 Å². The third kappa shape index (κ3) is 6.39. The molecule has 0 aromatic heterocycles. The quantitative estimate of drug-likeness (QED) is 0.250. The Morgan fingerprint density at radius 2 is 1.72 bits per heavy atom. The van der Waals surface area contributed by atoms with Gasteiger partial charge in [0, 0.05) is 10.0 Å². The summed E-state index contributed by atoms with van der Waals surface area (Å²) in [5.74, 6) is 1.44. The third-order valence-corrected chi connectivity index (χ3v) is 7.19. The molecule has 0 aliphatic carbocycles. The maximum Gasteiger partial charge on any atom is 0.293 e. The molecule has 1 heterocycles. The second kappa shape index (κ2) is 11.8. The molecule has 0 spiro atoms. The molecule has 0 bridgehead atoms. The van der Waals surface area contributed by atoms with E-state index < -0.39 is 0 Å². The standard InChI is InChI=1S/C29H28BrNO4S/c1-19(2)24-13-8-20(3)16-26(24)34-15-14-31-28(32)27(36-29(31)33)17-22-6-4-5-7-25(22)35-18-21-9-11-23(30)12-10-21/h4-13,16-17,19H,14-15,18H2,1-3H3/b27-17-. The molecule has 1 fully saturated rings. The predicted molar refractivity (Wildman–Crippen MR) is 148 cm³/mol. The number of nitrogens with zero attached hydrogens (tertiary/aromatic N) is 1. The van der Waals surface area contributed by atoms with Gasteiger partial charge in [-0.15, -0.1) is 0 Å². The van der Waals surface area contributed by atoms with E-state index >= 15 is 0 Å². The van der Waals surface area contributed by atoms with E-state index in [0.29, 0.717) is 23.2 Å². The normalized spacial score (nSPS) is 14.7. The van der Waals surface area contributed by atoms with Crippen LogP contribution in [0.3, 0.4) is 0 Å². The molecule has 3 aromatic carbocycles. The summed E-state index contributed by atoms with van der Waals surface area (Å²) in [7, 11) is 0. The summed E-state index contributed by atoms with van der Waals surface area (Å²) in [6.45, 7) is 7.06. The van der Waals surface area contributed by atoms with Crippen LogP contribution in [0.4, 0.5) is 4.79 Å². The molecule has 0 saturated carbocycles. The predicted octanol–water partition coefficient (Wildman–Crippen LogP) is 7.58. The molecule has 0 radical (unpaired) electrons. The largest absolute Gasteiger partial charge is 0.491 e. The van der Waals surface area contributed by atoms with Gasteiger partial charge >= 0.3 is 0 Å². The van der Waals surface area contributed by atoms with Crippen molar-refractivity contribution in [3.63, 3.8) is 0 Å². The molecule has 5 nitrogen and oxygen atoms in total. The molecule has 1 saturated heterocycles. The number of thioether (sulfide) groups is 1. The maximum absolute atomic E-state index is 13.0. The lowest BCUT2D eigenvalue weighted by atomic mass is 10.0. The van der Waals surface area contributed by atoms with Crippen molar-refractivity contribution >= 4 is 44.9 Å². The van der Waals surface area contributed by atoms with Gasteiger partial charge in [-0.05, 0) is 71.6 Å². The van der Waals surface area contributed by atoms with Crippen molar-refractivity contribution in [3.8, 4) is 11.5 Å². The molecule has 186 valence electrons. The van der Waals surface area contributed by atoms with Gasteiger partial charge in [-0.3, -0.25) is 14.5 Å². The van der Waals surface area contributed by atoms with E-state index in [2.05, 4.69) is 41.9 Å². The Morgan fingerprint density at radius 3 is 2.47 bits per heavy atom. The second-order valence-corrected chi connectivity index (χ2v) is 10.7. The van der Waals surface area contributed by atoms with Gasteiger partial charge in [-0.2, -0.15) is 0 Å². The minimum absolute atomic E-state index is 0.190. The molecular weight excluding hydrogens is 538 g/mol. The van der Waals surface area contributed by atoms with Crippen LogP contribution in [0.1, 0.15) is 42.0 Å². The number of ether oxygens (including phenoxy) is 2. The zero-order valence-corrected chi connectivity index (χ0v) is 22.9. The molecule has 0 N–H and O–H groups in total. The third-order valence-electron chi connectivity index (χ3n) is 5.75. The lowest BCUT2D eigenvalue weighted by Crippen LogP contribution is -2.32. The van der Waals surface area contributed by atoms with Crippen molar-refractivity contribution in [1.29, 1.82) is 0 Å². The number of rotatable bonds is 9. The number of hydrogen-bond donors (Lipinski definition) is 0. The highest BCUT2D eigenvalue weighted by molar-refractivity contribution is 9.10. The Labute approximate surface area is 224 Å². The van der Waals surface area contributed by atoms with Crippen LogP contribution in [0.2, 0.25) is 0 Å². The molecule has 36 heavy (non-hydrogen) atoms. The van der Waals surface area contributed by atoms with Crippen LogP contribution in [-0.2, 0) is 11.4 Å². The van der Waals surface area contributed by atoms with Crippen molar-refractivity contribution < 1.29 is 19.1 Å². The Bertz CT molecular complexity index is 1290. The Hall–Kier alpha value is -3.03. The minimum atomic E-state index is -0.315. The first-order valence-corrected chi connectivity index (χ1v) is 13.4. The fraction of sp³-hybridized carbons (Fsp3) is 0.241. The summed E-state index contributed by atoms with van der Waals surface area (Å²) < 4.78 is 13.0. The summed E-state index contributed by atoms with van der Waals surface area (Å²) in [6, 6.07) is 21.5. The number of aryl methyl sites for hydroxylation is 1. The summed E-state index contributed by atoms with van der Waals surface area (Å²) in [4.78, 5) is 27.3. The van der Waals surface area contributed by atoms with E-state index in [1.807, 2.05) is 61.5 Å². The number of carbonyl (C=O) groups is 2. The SMILES string of the molecule is Cc1ccc(C(C)C)c(OCCN2C(=O)S/C(=C\c3ccccc3OCc3ccc(Br)cc3)C2=O)c1. The first-order chi connectivity index (χ1) is 17.3. The van der Waals surface area contributed by atoms with Crippen molar-refractivity contribution in [1.82, 2.24) is 4.90 Å². The van der Waals surface area contributed by atoms with Gasteiger partial charge in [0.15, 0.2) is 0 Å². The van der Waals surface area contributed by atoms with E-state index in [1.165, 1.54) is 4.90 Å². The molecule has 7 heteroatoms. The Morgan fingerprint density at radius 1 is 0.972 bits per heavy atom. The number of para-hydroxylation sites is 1. The zero-order valence-electron chi connectivity index (χ0n) is 20.5. The molecule has 2 amide bonds. The highest BCUT2D eigenvalue weighted by Crippen LogP contribution is 2.34. The second-order valence-electron chi connectivity index (χ2n) is 8.83. The zero-order chi connectivity index (χ0) is 25.7. The number of benzene rings is 3. The van der Waals surface area contributed by atoms with Crippen LogP contribution in [0.15, 0.2) is 76.1 Å². The summed E-state index contributed by atoms with van der Waals surface area (Å²) in [5, 5.41) is -0.295. The summed E-state index contributed by atoms with van der Waals surface area (Å²) in [5.41, 5.74) is 3.99. The van der Waals surface area contributed by atoms with Gasteiger partial charge in [0.1, 0.15) is 24.7 Å².